The van der Waals surface area contributed by atoms with E-state index in [0.29, 0.717) is 13.0 Å². The van der Waals surface area contributed by atoms with Crippen molar-refractivity contribution in [3.63, 3.8) is 0 Å². The summed E-state index contributed by atoms with van der Waals surface area (Å²) >= 11 is 0. The van der Waals surface area contributed by atoms with Crippen LogP contribution in [0.2, 0.25) is 0 Å². The van der Waals surface area contributed by atoms with Crippen LogP contribution in [0.5, 0.6) is 0 Å². The number of rotatable bonds is 8. The van der Waals surface area contributed by atoms with Gasteiger partial charge in [0, 0.05) is 19.0 Å². The zero-order valence-electron chi connectivity index (χ0n) is 15.0. The molecule has 0 aliphatic heterocycles. The van der Waals surface area contributed by atoms with Crippen LogP contribution in [0.25, 0.3) is 0 Å². The first-order valence-electron chi connectivity index (χ1n) is 9.25. The monoisotopic (exact) mass is 330 g/mol. The van der Waals surface area contributed by atoms with E-state index in [2.05, 4.69) is 17.4 Å². The van der Waals surface area contributed by atoms with Gasteiger partial charge >= 0.3 is 0 Å². The molecule has 1 aromatic rings. The maximum Gasteiger partial charge on any atom is 0.242 e. The van der Waals surface area contributed by atoms with E-state index in [4.69, 9.17) is 0 Å². The number of carbonyl (C=O) groups excluding carboxylic acids is 2. The maximum absolute atomic E-state index is 12.6. The van der Waals surface area contributed by atoms with Gasteiger partial charge in [0.15, 0.2) is 0 Å². The van der Waals surface area contributed by atoms with E-state index >= 15 is 0 Å². The van der Waals surface area contributed by atoms with Gasteiger partial charge in [-0.2, -0.15) is 0 Å². The van der Waals surface area contributed by atoms with Gasteiger partial charge in [0.05, 0.1) is 0 Å². The number of carbonyl (C=O) groups is 2. The molecule has 0 bridgehead atoms. The number of benzene rings is 1. The average molecular weight is 330 g/mol. The van der Waals surface area contributed by atoms with Crippen molar-refractivity contribution in [1.82, 2.24) is 10.2 Å². The smallest absolute Gasteiger partial charge is 0.242 e. The minimum atomic E-state index is -0.409. The summed E-state index contributed by atoms with van der Waals surface area (Å²) in [7, 11) is 0. The number of amides is 2. The summed E-state index contributed by atoms with van der Waals surface area (Å²) in [5, 5.41) is 3.12. The average Bonchev–Trinajstić information content (AvgIpc) is 3.09. The molecule has 0 unspecified atom stereocenters. The SMILES string of the molecule is CCCC(=O)N(CCc1ccccc1)[C@@H](C)C(=O)NC1CCCC1. The van der Waals surface area contributed by atoms with Gasteiger partial charge in [-0.1, -0.05) is 50.1 Å². The number of hydrogen-bond donors (Lipinski definition) is 1. The van der Waals surface area contributed by atoms with E-state index in [-0.39, 0.29) is 17.9 Å². The van der Waals surface area contributed by atoms with Crippen molar-refractivity contribution in [2.75, 3.05) is 6.54 Å². The second-order valence-corrected chi connectivity index (χ2v) is 6.74. The summed E-state index contributed by atoms with van der Waals surface area (Å²) in [5.74, 6) is 0.0573. The Morgan fingerprint density at radius 3 is 2.50 bits per heavy atom. The van der Waals surface area contributed by atoms with Crippen LogP contribution in [-0.2, 0) is 16.0 Å². The molecule has 1 aliphatic carbocycles. The lowest BCUT2D eigenvalue weighted by Crippen LogP contribution is -2.50. The van der Waals surface area contributed by atoms with Crippen LogP contribution in [0, 0.1) is 0 Å². The van der Waals surface area contributed by atoms with Crippen LogP contribution in [0.3, 0.4) is 0 Å². The van der Waals surface area contributed by atoms with Crippen LogP contribution < -0.4 is 5.32 Å². The van der Waals surface area contributed by atoms with Crippen molar-refractivity contribution >= 4 is 11.8 Å². The Morgan fingerprint density at radius 1 is 1.21 bits per heavy atom. The Labute approximate surface area is 145 Å². The zero-order chi connectivity index (χ0) is 17.4. The highest BCUT2D eigenvalue weighted by Gasteiger charge is 2.27. The molecule has 2 rings (SSSR count). The summed E-state index contributed by atoms with van der Waals surface area (Å²) in [6, 6.07) is 10.00. The van der Waals surface area contributed by atoms with E-state index in [1.165, 1.54) is 18.4 Å². The van der Waals surface area contributed by atoms with Crippen LogP contribution in [-0.4, -0.2) is 35.3 Å². The molecule has 4 nitrogen and oxygen atoms in total. The number of hydrogen-bond acceptors (Lipinski definition) is 2. The predicted octanol–water partition coefficient (Wildman–Crippen LogP) is 3.31. The number of nitrogens with zero attached hydrogens (tertiary/aromatic N) is 1. The molecule has 1 fully saturated rings. The topological polar surface area (TPSA) is 49.4 Å². The molecule has 1 saturated carbocycles. The summed E-state index contributed by atoms with van der Waals surface area (Å²) < 4.78 is 0. The maximum atomic E-state index is 12.6. The second-order valence-electron chi connectivity index (χ2n) is 6.74. The lowest BCUT2D eigenvalue weighted by molar-refractivity contribution is -0.140. The molecule has 0 radical (unpaired) electrons. The molecular weight excluding hydrogens is 300 g/mol. The molecule has 1 aromatic carbocycles. The first-order chi connectivity index (χ1) is 11.6. The van der Waals surface area contributed by atoms with Crippen molar-refractivity contribution in [1.29, 1.82) is 0 Å². The summed E-state index contributed by atoms with van der Waals surface area (Å²) in [6.07, 6.45) is 6.57. The van der Waals surface area contributed by atoms with Crippen molar-refractivity contribution in [3.05, 3.63) is 35.9 Å². The molecule has 2 amide bonds. The Balaban J connectivity index is 1.97. The third kappa shape index (κ3) is 5.36. The third-order valence-corrected chi connectivity index (χ3v) is 4.82. The van der Waals surface area contributed by atoms with Gasteiger partial charge in [0.2, 0.25) is 11.8 Å². The Bertz CT molecular complexity index is 524. The van der Waals surface area contributed by atoms with Gasteiger partial charge in [-0.3, -0.25) is 9.59 Å². The molecule has 1 atom stereocenters. The molecule has 0 aromatic heterocycles. The first kappa shape index (κ1) is 18.5. The van der Waals surface area contributed by atoms with E-state index < -0.39 is 6.04 Å². The number of nitrogens with one attached hydrogen (secondary N) is 1. The minimum absolute atomic E-state index is 0.0144. The third-order valence-electron chi connectivity index (χ3n) is 4.82. The molecular formula is C20H30N2O2. The summed E-state index contributed by atoms with van der Waals surface area (Å²) in [4.78, 5) is 26.8. The van der Waals surface area contributed by atoms with E-state index in [1.54, 1.807) is 4.90 Å². The van der Waals surface area contributed by atoms with Gasteiger partial charge in [-0.15, -0.1) is 0 Å². The quantitative estimate of drug-likeness (QED) is 0.795. The molecule has 0 saturated heterocycles. The Morgan fingerprint density at radius 2 is 1.88 bits per heavy atom. The summed E-state index contributed by atoms with van der Waals surface area (Å²) in [5.41, 5.74) is 1.19. The van der Waals surface area contributed by atoms with Gasteiger partial charge < -0.3 is 10.2 Å². The largest absolute Gasteiger partial charge is 0.352 e. The van der Waals surface area contributed by atoms with Gasteiger partial charge in [-0.25, -0.2) is 0 Å². The highest BCUT2D eigenvalue weighted by molar-refractivity contribution is 5.87. The molecule has 0 spiro atoms. The lowest BCUT2D eigenvalue weighted by atomic mass is 10.1. The van der Waals surface area contributed by atoms with Crippen molar-refractivity contribution in [2.24, 2.45) is 0 Å². The fraction of sp³-hybridized carbons (Fsp3) is 0.600. The predicted molar refractivity (Wildman–Crippen MR) is 96.6 cm³/mol. The first-order valence-corrected chi connectivity index (χ1v) is 9.25. The van der Waals surface area contributed by atoms with Crippen molar-refractivity contribution in [2.45, 2.75) is 70.9 Å². The molecule has 4 heteroatoms. The van der Waals surface area contributed by atoms with Crippen LogP contribution >= 0.6 is 0 Å². The highest BCUT2D eigenvalue weighted by atomic mass is 16.2. The molecule has 132 valence electrons. The molecule has 1 N–H and O–H groups in total. The van der Waals surface area contributed by atoms with Crippen molar-refractivity contribution in [3.8, 4) is 0 Å². The standard InChI is InChI=1S/C20H30N2O2/c1-3-9-19(23)22(15-14-17-10-5-4-6-11-17)16(2)20(24)21-18-12-7-8-13-18/h4-6,10-11,16,18H,3,7-9,12-15H2,1-2H3,(H,21,24)/t16-/m0/s1. The molecule has 24 heavy (non-hydrogen) atoms. The van der Waals surface area contributed by atoms with E-state index in [1.807, 2.05) is 32.0 Å². The fourth-order valence-corrected chi connectivity index (χ4v) is 3.32. The highest BCUT2D eigenvalue weighted by Crippen LogP contribution is 2.18. The van der Waals surface area contributed by atoms with Gasteiger partial charge in [-0.05, 0) is 38.2 Å². The lowest BCUT2D eigenvalue weighted by Gasteiger charge is -2.29. The van der Waals surface area contributed by atoms with Crippen LogP contribution in [0.15, 0.2) is 30.3 Å². The second kappa shape index (κ2) is 9.45. The Kier molecular flexibility index (Phi) is 7.29. The van der Waals surface area contributed by atoms with Gasteiger partial charge in [0.1, 0.15) is 6.04 Å². The Hall–Kier alpha value is -1.84. The summed E-state index contributed by atoms with van der Waals surface area (Å²) in [6.45, 7) is 4.43. The van der Waals surface area contributed by atoms with Crippen LogP contribution in [0.4, 0.5) is 0 Å². The van der Waals surface area contributed by atoms with Crippen LogP contribution in [0.1, 0.15) is 57.9 Å². The van der Waals surface area contributed by atoms with Gasteiger partial charge in [0.25, 0.3) is 0 Å². The molecule has 1 aliphatic rings. The van der Waals surface area contributed by atoms with E-state index in [0.717, 1.165) is 25.7 Å². The minimum Gasteiger partial charge on any atom is -0.352 e. The molecule has 0 heterocycles. The fourth-order valence-electron chi connectivity index (χ4n) is 3.32. The zero-order valence-corrected chi connectivity index (χ0v) is 15.0. The normalized spacial score (nSPS) is 15.9. The van der Waals surface area contributed by atoms with E-state index in [9.17, 15) is 9.59 Å². The van der Waals surface area contributed by atoms with Crippen molar-refractivity contribution < 1.29 is 9.59 Å².